The summed E-state index contributed by atoms with van der Waals surface area (Å²) in [4.78, 5) is 18.9. The molecule has 1 heterocycles. The quantitative estimate of drug-likeness (QED) is 0.763. The van der Waals surface area contributed by atoms with Crippen LogP contribution in [-0.2, 0) is 9.53 Å². The summed E-state index contributed by atoms with van der Waals surface area (Å²) in [6.45, 7) is -0.383. The number of ether oxygens (including phenoxy) is 1. The number of nitrogens with one attached hydrogen (secondary N) is 1. The van der Waals surface area contributed by atoms with Crippen LogP contribution in [0.3, 0.4) is 0 Å². The number of hydrogen-bond acceptors (Lipinski definition) is 6. The van der Waals surface area contributed by atoms with Crippen LogP contribution < -0.4 is 5.32 Å². The van der Waals surface area contributed by atoms with E-state index in [4.69, 9.17) is 5.11 Å². The summed E-state index contributed by atoms with van der Waals surface area (Å²) in [5.41, 5.74) is 0. The Morgan fingerprint density at radius 2 is 2.27 bits per heavy atom. The van der Waals surface area contributed by atoms with Crippen molar-refractivity contribution < 1.29 is 14.6 Å². The third kappa shape index (κ3) is 3.45. The van der Waals surface area contributed by atoms with Crippen LogP contribution in [0.5, 0.6) is 0 Å². The molecule has 7 heteroatoms. The minimum absolute atomic E-state index is 0.252. The van der Waals surface area contributed by atoms with Crippen molar-refractivity contribution >= 4 is 27.8 Å². The fraction of sp³-hybridized carbons (Fsp3) is 0.375. The number of carbonyl (C=O) groups is 1. The maximum Gasteiger partial charge on any atom is 0.330 e. The highest BCUT2D eigenvalue weighted by Gasteiger charge is 2.18. The minimum Gasteiger partial charge on any atom is -0.467 e. The zero-order valence-electron chi connectivity index (χ0n) is 7.98. The average molecular weight is 276 g/mol. The van der Waals surface area contributed by atoms with Crippen molar-refractivity contribution in [1.29, 1.82) is 0 Å². The number of carbonyl (C=O) groups excluding carboxylic acids is 1. The predicted octanol–water partition coefficient (Wildman–Crippen LogP) is 0.185. The van der Waals surface area contributed by atoms with Gasteiger partial charge in [-0.3, -0.25) is 0 Å². The van der Waals surface area contributed by atoms with E-state index in [9.17, 15) is 4.79 Å². The van der Waals surface area contributed by atoms with Crippen molar-refractivity contribution in [1.82, 2.24) is 9.97 Å². The summed E-state index contributed by atoms with van der Waals surface area (Å²) in [6, 6.07) is -0.851. The van der Waals surface area contributed by atoms with Gasteiger partial charge in [0.15, 0.2) is 6.04 Å². The molecule has 1 aromatic heterocycles. The first-order valence-electron chi connectivity index (χ1n) is 4.10. The fourth-order valence-electron chi connectivity index (χ4n) is 0.864. The molecule has 1 rings (SSSR count). The molecule has 1 atom stereocenters. The van der Waals surface area contributed by atoms with E-state index in [-0.39, 0.29) is 12.6 Å². The number of esters is 1. The van der Waals surface area contributed by atoms with Gasteiger partial charge in [-0.25, -0.2) is 14.8 Å². The second-order valence-corrected chi connectivity index (χ2v) is 3.54. The maximum atomic E-state index is 11.1. The van der Waals surface area contributed by atoms with E-state index >= 15 is 0 Å². The van der Waals surface area contributed by atoms with Gasteiger partial charge in [0.05, 0.1) is 18.2 Å². The molecular formula is C8H10BrN3O3. The predicted molar refractivity (Wildman–Crippen MR) is 56.2 cm³/mol. The molecule has 2 N–H and O–H groups in total. The number of aliphatic hydroxyl groups is 1. The molecule has 0 aliphatic carbocycles. The molecule has 0 saturated heterocycles. The Bertz CT molecular complexity index is 330. The monoisotopic (exact) mass is 275 g/mol. The van der Waals surface area contributed by atoms with Crippen LogP contribution in [0.1, 0.15) is 0 Å². The number of rotatable bonds is 4. The van der Waals surface area contributed by atoms with E-state index in [1.807, 2.05) is 0 Å². The molecule has 0 aromatic carbocycles. The van der Waals surface area contributed by atoms with Crippen molar-refractivity contribution in [2.45, 2.75) is 6.04 Å². The summed E-state index contributed by atoms with van der Waals surface area (Å²) >= 11 is 3.18. The molecule has 0 spiro atoms. The Hall–Kier alpha value is -1.21. The molecule has 0 fully saturated rings. The Morgan fingerprint density at radius 1 is 1.67 bits per heavy atom. The van der Waals surface area contributed by atoms with Gasteiger partial charge in [-0.05, 0) is 15.9 Å². The topological polar surface area (TPSA) is 84.3 Å². The molecule has 0 aliphatic rings. The first kappa shape index (κ1) is 11.9. The Morgan fingerprint density at radius 3 is 2.73 bits per heavy atom. The van der Waals surface area contributed by atoms with E-state index in [0.29, 0.717) is 0 Å². The molecule has 0 amide bonds. The second kappa shape index (κ2) is 5.62. The molecule has 82 valence electrons. The lowest BCUT2D eigenvalue weighted by Gasteiger charge is -2.13. The zero-order chi connectivity index (χ0) is 11.3. The fourth-order valence-corrected chi connectivity index (χ4v) is 1.07. The normalized spacial score (nSPS) is 11.9. The first-order chi connectivity index (χ1) is 7.17. The van der Waals surface area contributed by atoms with Gasteiger partial charge in [0.1, 0.15) is 0 Å². The standard InChI is InChI=1S/C8H10BrN3O3/c1-15-7(14)6(4-13)12-8-10-2-5(9)3-11-8/h2-3,6,13H,4H2,1H3,(H,10,11,12). The van der Waals surface area contributed by atoms with Crippen molar-refractivity contribution in [2.24, 2.45) is 0 Å². The van der Waals surface area contributed by atoms with E-state index in [1.165, 1.54) is 19.5 Å². The number of anilines is 1. The highest BCUT2D eigenvalue weighted by atomic mass is 79.9. The van der Waals surface area contributed by atoms with Crippen molar-refractivity contribution in [2.75, 3.05) is 19.0 Å². The number of halogens is 1. The molecular weight excluding hydrogens is 266 g/mol. The Balaban J connectivity index is 2.66. The molecule has 0 radical (unpaired) electrons. The Labute approximate surface area is 94.8 Å². The summed E-state index contributed by atoms with van der Waals surface area (Å²) in [7, 11) is 1.25. The van der Waals surface area contributed by atoms with E-state index in [1.54, 1.807) is 0 Å². The summed E-state index contributed by atoms with van der Waals surface area (Å²) in [5, 5.41) is 11.6. The van der Waals surface area contributed by atoms with Crippen LogP contribution in [0, 0.1) is 0 Å². The molecule has 6 nitrogen and oxygen atoms in total. The van der Waals surface area contributed by atoms with Gasteiger partial charge in [0, 0.05) is 12.4 Å². The van der Waals surface area contributed by atoms with Gasteiger partial charge >= 0.3 is 5.97 Å². The van der Waals surface area contributed by atoms with Gasteiger partial charge in [0.2, 0.25) is 5.95 Å². The van der Waals surface area contributed by atoms with Crippen LogP contribution in [-0.4, -0.2) is 40.8 Å². The molecule has 1 unspecified atom stereocenters. The average Bonchev–Trinajstić information content (AvgIpc) is 2.27. The SMILES string of the molecule is COC(=O)C(CO)Nc1ncc(Br)cn1. The number of aromatic nitrogens is 2. The summed E-state index contributed by atoms with van der Waals surface area (Å²) in [5.74, 6) is -0.313. The smallest absolute Gasteiger partial charge is 0.330 e. The van der Waals surface area contributed by atoms with Crippen LogP contribution in [0.4, 0.5) is 5.95 Å². The lowest BCUT2D eigenvalue weighted by Crippen LogP contribution is -2.34. The second-order valence-electron chi connectivity index (χ2n) is 2.63. The minimum atomic E-state index is -0.851. The molecule has 1 aromatic rings. The summed E-state index contributed by atoms with van der Waals surface area (Å²) < 4.78 is 5.20. The van der Waals surface area contributed by atoms with E-state index in [0.717, 1.165) is 4.47 Å². The third-order valence-corrected chi connectivity index (χ3v) is 2.00. The van der Waals surface area contributed by atoms with Crippen molar-refractivity contribution in [3.63, 3.8) is 0 Å². The lowest BCUT2D eigenvalue weighted by molar-refractivity contribution is -0.142. The van der Waals surface area contributed by atoms with Crippen molar-refractivity contribution in [3.05, 3.63) is 16.9 Å². The highest BCUT2D eigenvalue weighted by Crippen LogP contribution is 2.07. The molecule has 15 heavy (non-hydrogen) atoms. The first-order valence-corrected chi connectivity index (χ1v) is 4.89. The van der Waals surface area contributed by atoms with Crippen LogP contribution >= 0.6 is 15.9 Å². The van der Waals surface area contributed by atoms with Gasteiger partial charge in [-0.15, -0.1) is 0 Å². The van der Waals surface area contributed by atoms with Gasteiger partial charge in [-0.2, -0.15) is 0 Å². The summed E-state index contributed by atoms with van der Waals surface area (Å²) in [6.07, 6.45) is 3.06. The highest BCUT2D eigenvalue weighted by molar-refractivity contribution is 9.10. The maximum absolute atomic E-state index is 11.1. The number of hydrogen-bond donors (Lipinski definition) is 2. The van der Waals surface area contributed by atoms with E-state index < -0.39 is 12.0 Å². The number of aliphatic hydroxyl groups excluding tert-OH is 1. The van der Waals surface area contributed by atoms with Gasteiger partial charge < -0.3 is 15.2 Å². The molecule has 0 saturated carbocycles. The van der Waals surface area contributed by atoms with Crippen LogP contribution in [0.25, 0.3) is 0 Å². The van der Waals surface area contributed by atoms with Gasteiger partial charge in [0.25, 0.3) is 0 Å². The van der Waals surface area contributed by atoms with Crippen LogP contribution in [0.15, 0.2) is 16.9 Å². The van der Waals surface area contributed by atoms with E-state index in [2.05, 4.69) is 36.0 Å². The van der Waals surface area contributed by atoms with Gasteiger partial charge in [-0.1, -0.05) is 0 Å². The molecule has 0 aliphatic heterocycles. The zero-order valence-corrected chi connectivity index (χ0v) is 9.56. The third-order valence-electron chi connectivity index (χ3n) is 1.59. The Kier molecular flexibility index (Phi) is 4.44. The number of nitrogens with zero attached hydrogens (tertiary/aromatic N) is 2. The van der Waals surface area contributed by atoms with Crippen molar-refractivity contribution in [3.8, 4) is 0 Å². The number of methoxy groups -OCH3 is 1. The molecule has 0 bridgehead atoms. The largest absolute Gasteiger partial charge is 0.467 e. The van der Waals surface area contributed by atoms with Crippen LogP contribution in [0.2, 0.25) is 0 Å². The lowest BCUT2D eigenvalue weighted by atomic mass is 10.3.